The van der Waals surface area contributed by atoms with Gasteiger partial charge < -0.3 is 5.11 Å². The second-order valence-corrected chi connectivity index (χ2v) is 7.55. The minimum absolute atomic E-state index is 0.0499. The van der Waals surface area contributed by atoms with Crippen LogP contribution in [0.4, 0.5) is 0 Å². The summed E-state index contributed by atoms with van der Waals surface area (Å²) < 4.78 is 23.5. The highest BCUT2D eigenvalue weighted by molar-refractivity contribution is 7.92. The summed E-state index contributed by atoms with van der Waals surface area (Å²) in [6.45, 7) is 5.64. The predicted octanol–water partition coefficient (Wildman–Crippen LogP) is 2.47. The van der Waals surface area contributed by atoms with E-state index >= 15 is 0 Å². The maximum Gasteiger partial charge on any atom is 0.195 e. The van der Waals surface area contributed by atoms with Crippen molar-refractivity contribution in [3.63, 3.8) is 0 Å². The number of hydrogen-bond acceptors (Lipinski definition) is 4. The zero-order valence-corrected chi connectivity index (χ0v) is 12.0. The van der Waals surface area contributed by atoms with Gasteiger partial charge in [0.05, 0.1) is 5.56 Å². The Labute approximate surface area is 112 Å². The summed E-state index contributed by atoms with van der Waals surface area (Å²) in [5.41, 5.74) is 0.249. The molecule has 0 aliphatic carbocycles. The van der Waals surface area contributed by atoms with Crippen LogP contribution in [0.1, 0.15) is 36.7 Å². The number of aromatic hydroxyl groups is 1. The van der Waals surface area contributed by atoms with Gasteiger partial charge >= 0.3 is 0 Å². The van der Waals surface area contributed by atoms with Gasteiger partial charge in [-0.25, -0.2) is 8.42 Å². The molecule has 0 aliphatic heterocycles. The first-order chi connectivity index (χ1) is 8.13. The van der Waals surface area contributed by atoms with Crippen LogP contribution in [0.2, 0.25) is 0 Å². The Morgan fingerprint density at radius 3 is 2.28 bits per heavy atom. The molecule has 0 saturated carbocycles. The topological polar surface area (TPSA) is 71.4 Å². The maximum atomic E-state index is 11.8. The van der Waals surface area contributed by atoms with Crippen LogP contribution in [0.5, 0.6) is 5.75 Å². The van der Waals surface area contributed by atoms with Crippen molar-refractivity contribution in [3.8, 4) is 5.75 Å². The molecule has 100 valence electrons. The Bertz CT molecular complexity index is 570. The first-order valence-corrected chi connectivity index (χ1v) is 7.43. The molecule has 1 N–H and O–H groups in total. The highest BCUT2D eigenvalue weighted by atomic mass is 35.5. The number of sulfone groups is 1. The van der Waals surface area contributed by atoms with Gasteiger partial charge in [-0.1, -0.05) is 20.8 Å². The number of phenols is 1. The van der Waals surface area contributed by atoms with Crippen LogP contribution in [0.25, 0.3) is 0 Å². The number of halogens is 1. The molecule has 0 spiro atoms. The summed E-state index contributed by atoms with van der Waals surface area (Å²) >= 11 is 5.37. The van der Waals surface area contributed by atoms with Crippen LogP contribution < -0.4 is 0 Å². The number of carbonyl (C=O) groups excluding carboxylic acids is 1. The number of aldehydes is 1. The monoisotopic (exact) mass is 290 g/mol. The first-order valence-electron chi connectivity index (χ1n) is 5.25. The molecule has 6 heteroatoms. The average Bonchev–Trinajstić information content (AvgIpc) is 2.27. The Morgan fingerprint density at radius 2 is 1.89 bits per heavy atom. The molecule has 0 fully saturated rings. The van der Waals surface area contributed by atoms with Crippen LogP contribution in [0, 0.1) is 0 Å². The van der Waals surface area contributed by atoms with Crippen LogP contribution in [0.15, 0.2) is 17.0 Å². The van der Waals surface area contributed by atoms with Crippen LogP contribution >= 0.6 is 11.6 Å². The molecule has 0 unspecified atom stereocenters. The fourth-order valence-electron chi connectivity index (χ4n) is 1.45. The highest BCUT2D eigenvalue weighted by Gasteiger charge is 2.24. The third-order valence-corrected chi connectivity index (χ3v) is 4.71. The lowest BCUT2D eigenvalue weighted by molar-refractivity contribution is 0.112. The fraction of sp³-hybridized carbons (Fsp3) is 0.417. The number of hydrogen-bond donors (Lipinski definition) is 1. The first kappa shape index (κ1) is 15.0. The van der Waals surface area contributed by atoms with E-state index in [0.29, 0.717) is 11.8 Å². The van der Waals surface area contributed by atoms with E-state index in [9.17, 15) is 18.3 Å². The summed E-state index contributed by atoms with van der Waals surface area (Å²) in [4.78, 5) is 10.6. The molecular weight excluding hydrogens is 276 g/mol. The number of benzene rings is 1. The molecule has 1 aromatic carbocycles. The smallest absolute Gasteiger partial charge is 0.195 e. The van der Waals surface area contributed by atoms with Crippen molar-refractivity contribution in [2.75, 3.05) is 5.21 Å². The van der Waals surface area contributed by atoms with E-state index in [4.69, 9.17) is 11.6 Å². The van der Waals surface area contributed by atoms with Gasteiger partial charge in [0, 0.05) is 0 Å². The van der Waals surface area contributed by atoms with Crippen LogP contribution in [-0.2, 0) is 15.3 Å². The number of phenolic OH excluding ortho intramolecular Hbond substituents is 1. The molecule has 0 heterocycles. The van der Waals surface area contributed by atoms with E-state index < -0.39 is 20.8 Å². The normalized spacial score (nSPS) is 12.4. The third-order valence-electron chi connectivity index (χ3n) is 2.58. The average molecular weight is 291 g/mol. The van der Waals surface area contributed by atoms with E-state index in [1.54, 1.807) is 0 Å². The van der Waals surface area contributed by atoms with Gasteiger partial charge in [-0.2, -0.15) is 0 Å². The van der Waals surface area contributed by atoms with E-state index in [1.165, 1.54) is 12.1 Å². The molecule has 4 nitrogen and oxygen atoms in total. The van der Waals surface area contributed by atoms with E-state index in [0.717, 1.165) is 0 Å². The van der Waals surface area contributed by atoms with Crippen molar-refractivity contribution in [2.24, 2.45) is 0 Å². The zero-order chi connectivity index (χ0) is 14.1. The second kappa shape index (κ2) is 4.90. The largest absolute Gasteiger partial charge is 0.506 e. The molecule has 18 heavy (non-hydrogen) atoms. The van der Waals surface area contributed by atoms with Gasteiger partial charge in [0.2, 0.25) is 0 Å². The Morgan fingerprint density at radius 1 is 1.33 bits per heavy atom. The van der Waals surface area contributed by atoms with Crippen LogP contribution in [-0.4, -0.2) is 25.0 Å². The standard InChI is InChI=1S/C12H15ClO4S/c1-12(2,3)9-4-8(6-14)11(15)10(5-9)18(16,17)7-13/h4-6,15H,7H2,1-3H3. The number of carbonyl (C=O) groups is 1. The van der Waals surface area contributed by atoms with Crippen molar-refractivity contribution in [1.82, 2.24) is 0 Å². The molecule has 0 saturated heterocycles. The van der Waals surface area contributed by atoms with Crippen molar-refractivity contribution in [2.45, 2.75) is 31.1 Å². The molecule has 0 atom stereocenters. The van der Waals surface area contributed by atoms with Gasteiger partial charge in [0.1, 0.15) is 15.9 Å². The SMILES string of the molecule is CC(C)(C)c1cc(C=O)c(O)c(S(=O)(=O)CCl)c1. The number of rotatable bonds is 3. The maximum absolute atomic E-state index is 11.8. The summed E-state index contributed by atoms with van der Waals surface area (Å²) in [7, 11) is -3.79. The summed E-state index contributed by atoms with van der Waals surface area (Å²) in [6, 6.07) is 2.84. The molecule has 1 aromatic rings. The molecule has 0 radical (unpaired) electrons. The molecule has 0 amide bonds. The Hall–Kier alpha value is -1.07. The lowest BCUT2D eigenvalue weighted by Crippen LogP contribution is -2.14. The van der Waals surface area contributed by atoms with Gasteiger partial charge in [0.15, 0.2) is 16.1 Å². The summed E-state index contributed by atoms with van der Waals surface area (Å²) in [6.07, 6.45) is 0.428. The van der Waals surface area contributed by atoms with Crippen LogP contribution in [0.3, 0.4) is 0 Å². The van der Waals surface area contributed by atoms with Crippen molar-refractivity contribution in [3.05, 3.63) is 23.3 Å². The molecule has 1 rings (SSSR count). The lowest BCUT2D eigenvalue weighted by Gasteiger charge is -2.21. The van der Waals surface area contributed by atoms with Crippen molar-refractivity contribution < 1.29 is 18.3 Å². The Kier molecular flexibility index (Phi) is 4.08. The van der Waals surface area contributed by atoms with Gasteiger partial charge in [-0.3, -0.25) is 4.79 Å². The zero-order valence-electron chi connectivity index (χ0n) is 10.4. The van der Waals surface area contributed by atoms with Crippen molar-refractivity contribution >= 4 is 27.7 Å². The van der Waals surface area contributed by atoms with Gasteiger partial charge in [-0.15, -0.1) is 11.6 Å². The minimum Gasteiger partial charge on any atom is -0.506 e. The summed E-state index contributed by atoms with van der Waals surface area (Å²) in [5.74, 6) is -0.543. The highest BCUT2D eigenvalue weighted by Crippen LogP contribution is 2.33. The van der Waals surface area contributed by atoms with E-state index in [2.05, 4.69) is 0 Å². The van der Waals surface area contributed by atoms with E-state index in [-0.39, 0.29) is 15.9 Å². The van der Waals surface area contributed by atoms with E-state index in [1.807, 2.05) is 20.8 Å². The molecular formula is C12H15ClO4S. The predicted molar refractivity (Wildman–Crippen MR) is 70.1 cm³/mol. The molecule has 0 bridgehead atoms. The lowest BCUT2D eigenvalue weighted by atomic mass is 9.86. The molecule has 0 aromatic heterocycles. The quantitative estimate of drug-likeness (QED) is 0.686. The Balaban J connectivity index is 3.67. The minimum atomic E-state index is -3.79. The van der Waals surface area contributed by atoms with Crippen molar-refractivity contribution in [1.29, 1.82) is 0 Å². The molecule has 0 aliphatic rings. The second-order valence-electron chi connectivity index (χ2n) is 5.00. The third kappa shape index (κ3) is 2.84. The van der Waals surface area contributed by atoms with Gasteiger partial charge in [-0.05, 0) is 23.1 Å². The number of alkyl halides is 1. The van der Waals surface area contributed by atoms with Gasteiger partial charge in [0.25, 0.3) is 0 Å². The fourth-order valence-corrected chi connectivity index (χ4v) is 2.64. The summed E-state index contributed by atoms with van der Waals surface area (Å²) in [5, 5.41) is 9.13.